The fourth-order valence-electron chi connectivity index (χ4n) is 4.33. The Morgan fingerprint density at radius 1 is 1.04 bits per heavy atom. The minimum atomic E-state index is -3.42. The monoisotopic (exact) mass is 401 g/mol. The quantitative estimate of drug-likeness (QED) is 0.763. The molecule has 1 aliphatic heterocycles. The van der Waals surface area contributed by atoms with Gasteiger partial charge in [-0.2, -0.15) is 17.0 Å². The number of hydrogen-bond acceptors (Lipinski definition) is 3. The maximum atomic E-state index is 13.2. The van der Waals surface area contributed by atoms with Crippen molar-refractivity contribution >= 4 is 22.6 Å². The lowest BCUT2D eigenvalue weighted by molar-refractivity contribution is 0.131. The van der Waals surface area contributed by atoms with E-state index in [1.807, 2.05) is 30.3 Å². The van der Waals surface area contributed by atoms with Crippen molar-refractivity contribution in [3.05, 3.63) is 35.9 Å². The molecule has 0 spiro atoms. The molecule has 1 saturated carbocycles. The first-order chi connectivity index (χ1) is 12.1. The standard InChI is InChI=1S/C19H31N3O2S.ClH/c20-12-15-21(13-10-17-6-2-1-3-7-17)25(23,24)22-14-11-18-8-4-5-9-19(18)16-22;/h1-3,6-7,18-19H,4-5,8-16,20H2;1H. The topological polar surface area (TPSA) is 66.6 Å². The van der Waals surface area contributed by atoms with Crippen molar-refractivity contribution in [2.24, 2.45) is 17.6 Å². The summed E-state index contributed by atoms with van der Waals surface area (Å²) in [7, 11) is -3.42. The number of rotatable bonds is 7. The number of halogens is 1. The number of nitrogens with zero attached hydrogens (tertiary/aromatic N) is 2. The van der Waals surface area contributed by atoms with Crippen LogP contribution in [0.1, 0.15) is 37.7 Å². The van der Waals surface area contributed by atoms with Crippen molar-refractivity contribution in [3.63, 3.8) is 0 Å². The Labute approximate surface area is 164 Å². The van der Waals surface area contributed by atoms with Gasteiger partial charge in [0, 0.05) is 32.7 Å². The zero-order valence-corrected chi connectivity index (χ0v) is 17.1. The Morgan fingerprint density at radius 2 is 1.73 bits per heavy atom. The molecule has 1 heterocycles. The van der Waals surface area contributed by atoms with Crippen molar-refractivity contribution in [1.82, 2.24) is 8.61 Å². The van der Waals surface area contributed by atoms with Gasteiger partial charge in [-0.3, -0.25) is 0 Å². The van der Waals surface area contributed by atoms with Crippen LogP contribution < -0.4 is 5.73 Å². The summed E-state index contributed by atoms with van der Waals surface area (Å²) in [4.78, 5) is 0. The summed E-state index contributed by atoms with van der Waals surface area (Å²) < 4.78 is 29.6. The van der Waals surface area contributed by atoms with Crippen LogP contribution in [0.4, 0.5) is 0 Å². The molecule has 0 radical (unpaired) electrons. The molecule has 0 bridgehead atoms. The van der Waals surface area contributed by atoms with Crippen LogP contribution >= 0.6 is 12.4 Å². The molecule has 0 amide bonds. The van der Waals surface area contributed by atoms with Gasteiger partial charge in [-0.05, 0) is 36.7 Å². The van der Waals surface area contributed by atoms with E-state index in [4.69, 9.17) is 5.73 Å². The Hall–Kier alpha value is -0.660. The number of hydrogen-bond donors (Lipinski definition) is 1. The van der Waals surface area contributed by atoms with Gasteiger partial charge in [0.25, 0.3) is 10.2 Å². The van der Waals surface area contributed by atoms with Crippen LogP contribution in [0.15, 0.2) is 30.3 Å². The van der Waals surface area contributed by atoms with Crippen LogP contribution in [0.25, 0.3) is 0 Å². The summed E-state index contributed by atoms with van der Waals surface area (Å²) in [6, 6.07) is 10.0. The summed E-state index contributed by atoms with van der Waals surface area (Å²) >= 11 is 0. The Kier molecular flexibility index (Phi) is 8.36. The highest BCUT2D eigenvalue weighted by Crippen LogP contribution is 2.37. The molecule has 2 unspecified atom stereocenters. The lowest BCUT2D eigenvalue weighted by Crippen LogP contribution is -2.51. The zero-order chi connectivity index (χ0) is 17.7. The van der Waals surface area contributed by atoms with Crippen molar-refractivity contribution in [2.45, 2.75) is 38.5 Å². The van der Waals surface area contributed by atoms with E-state index in [2.05, 4.69) is 0 Å². The Morgan fingerprint density at radius 3 is 2.42 bits per heavy atom. The highest BCUT2D eigenvalue weighted by Gasteiger charge is 2.38. The Balaban J connectivity index is 0.00000243. The summed E-state index contributed by atoms with van der Waals surface area (Å²) in [6.07, 6.45) is 6.75. The zero-order valence-electron chi connectivity index (χ0n) is 15.4. The summed E-state index contributed by atoms with van der Waals surface area (Å²) in [5.41, 5.74) is 6.86. The third-order valence-electron chi connectivity index (χ3n) is 5.78. The summed E-state index contributed by atoms with van der Waals surface area (Å²) in [5, 5.41) is 0. The second-order valence-corrected chi connectivity index (χ2v) is 9.31. The van der Waals surface area contributed by atoms with Gasteiger partial charge in [0.15, 0.2) is 0 Å². The summed E-state index contributed by atoms with van der Waals surface area (Å²) in [5.74, 6) is 1.28. The molecule has 2 N–H and O–H groups in total. The van der Waals surface area contributed by atoms with Crippen LogP contribution in [0.3, 0.4) is 0 Å². The third kappa shape index (κ3) is 5.20. The van der Waals surface area contributed by atoms with Gasteiger partial charge in [-0.25, -0.2) is 0 Å². The van der Waals surface area contributed by atoms with Crippen molar-refractivity contribution in [2.75, 3.05) is 32.7 Å². The van der Waals surface area contributed by atoms with Gasteiger partial charge in [-0.15, -0.1) is 12.4 Å². The van der Waals surface area contributed by atoms with Crippen LogP contribution in [0, 0.1) is 11.8 Å². The maximum Gasteiger partial charge on any atom is 0.282 e. The SMILES string of the molecule is Cl.NCCN(CCc1ccccc1)S(=O)(=O)N1CCC2CCCCC2C1. The lowest BCUT2D eigenvalue weighted by Gasteiger charge is -2.42. The van der Waals surface area contributed by atoms with Gasteiger partial charge in [0.2, 0.25) is 0 Å². The maximum absolute atomic E-state index is 13.2. The first-order valence-electron chi connectivity index (χ1n) is 9.60. The van der Waals surface area contributed by atoms with Crippen LogP contribution in [-0.2, 0) is 16.6 Å². The highest BCUT2D eigenvalue weighted by atomic mass is 35.5. The molecular formula is C19H32ClN3O2S. The minimum Gasteiger partial charge on any atom is -0.329 e. The van der Waals surface area contributed by atoms with Gasteiger partial charge in [0.1, 0.15) is 0 Å². The molecule has 2 fully saturated rings. The fourth-order valence-corrected chi connectivity index (χ4v) is 6.03. The second kappa shape index (κ2) is 10.0. The predicted molar refractivity (Wildman–Crippen MR) is 109 cm³/mol. The van der Waals surface area contributed by atoms with Crippen LogP contribution in [0.5, 0.6) is 0 Å². The molecule has 7 heteroatoms. The van der Waals surface area contributed by atoms with Gasteiger partial charge >= 0.3 is 0 Å². The normalized spacial score (nSPS) is 24.1. The fraction of sp³-hybridized carbons (Fsp3) is 0.684. The second-order valence-electron chi connectivity index (χ2n) is 7.38. The first kappa shape index (κ1) is 21.6. The van der Waals surface area contributed by atoms with E-state index in [0.717, 1.165) is 24.3 Å². The molecule has 2 aliphatic rings. The van der Waals surface area contributed by atoms with Gasteiger partial charge in [0.05, 0.1) is 0 Å². The van der Waals surface area contributed by atoms with E-state index < -0.39 is 10.2 Å². The molecule has 3 rings (SSSR count). The average Bonchev–Trinajstić information content (AvgIpc) is 2.65. The molecule has 26 heavy (non-hydrogen) atoms. The van der Waals surface area contributed by atoms with Gasteiger partial charge < -0.3 is 5.73 Å². The lowest BCUT2D eigenvalue weighted by atomic mass is 9.76. The van der Waals surface area contributed by atoms with E-state index in [9.17, 15) is 8.42 Å². The van der Waals surface area contributed by atoms with Crippen molar-refractivity contribution in [3.8, 4) is 0 Å². The Bertz CT molecular complexity index is 641. The molecule has 1 aliphatic carbocycles. The number of fused-ring (bicyclic) bond motifs is 1. The molecule has 1 saturated heterocycles. The van der Waals surface area contributed by atoms with E-state index in [-0.39, 0.29) is 12.4 Å². The van der Waals surface area contributed by atoms with Crippen LogP contribution in [0.2, 0.25) is 0 Å². The van der Waals surface area contributed by atoms with Crippen LogP contribution in [-0.4, -0.2) is 49.8 Å². The van der Waals surface area contributed by atoms with Gasteiger partial charge in [-0.1, -0.05) is 49.6 Å². The number of nitrogens with two attached hydrogens (primary N) is 1. The molecule has 1 aromatic rings. The predicted octanol–water partition coefficient (Wildman–Crippen LogP) is 2.67. The molecule has 2 atom stereocenters. The smallest absolute Gasteiger partial charge is 0.282 e. The molecule has 0 aromatic heterocycles. The van der Waals surface area contributed by atoms with Crippen molar-refractivity contribution in [1.29, 1.82) is 0 Å². The largest absolute Gasteiger partial charge is 0.329 e. The van der Waals surface area contributed by atoms with E-state index in [0.29, 0.717) is 38.6 Å². The molecule has 1 aromatic carbocycles. The third-order valence-corrected chi connectivity index (χ3v) is 7.78. The molecule has 5 nitrogen and oxygen atoms in total. The highest BCUT2D eigenvalue weighted by molar-refractivity contribution is 7.86. The van der Waals surface area contributed by atoms with E-state index >= 15 is 0 Å². The molecular weight excluding hydrogens is 370 g/mol. The minimum absolute atomic E-state index is 0. The van der Waals surface area contributed by atoms with E-state index in [1.165, 1.54) is 25.7 Å². The first-order valence-corrected chi connectivity index (χ1v) is 11.0. The number of piperidine rings is 1. The summed E-state index contributed by atoms with van der Waals surface area (Å²) in [6.45, 7) is 2.59. The van der Waals surface area contributed by atoms with E-state index in [1.54, 1.807) is 8.61 Å². The number of benzene rings is 1. The average molecular weight is 402 g/mol. The molecule has 148 valence electrons. The van der Waals surface area contributed by atoms with Crippen molar-refractivity contribution < 1.29 is 8.42 Å².